The van der Waals surface area contributed by atoms with Crippen molar-refractivity contribution in [2.45, 2.75) is 18.8 Å². The molecule has 90 valence electrons. The van der Waals surface area contributed by atoms with Crippen LogP contribution in [-0.4, -0.2) is 27.9 Å². The predicted molar refractivity (Wildman–Crippen MR) is 67.8 cm³/mol. The lowest BCUT2D eigenvalue weighted by Gasteiger charge is -2.20. The van der Waals surface area contributed by atoms with E-state index in [4.69, 9.17) is 0 Å². The zero-order valence-electron chi connectivity index (χ0n) is 10.1. The molecule has 2 aromatic heterocycles. The third-order valence-corrected chi connectivity index (χ3v) is 3.55. The number of nitrogens with zero attached hydrogens (tertiary/aromatic N) is 2. The maximum Gasteiger partial charge on any atom is 0.0697 e. The first-order chi connectivity index (χ1) is 8.34. The number of aryl methyl sites for hydroxylation is 1. The van der Waals surface area contributed by atoms with Crippen molar-refractivity contribution >= 4 is 0 Å². The second-order valence-corrected chi connectivity index (χ2v) is 4.70. The largest absolute Gasteiger partial charge is 0.367 e. The lowest BCUT2D eigenvalue weighted by Crippen LogP contribution is -2.26. The number of hydrogen-bond acceptors (Lipinski definition) is 2. The first-order valence-electron chi connectivity index (χ1n) is 6.22. The summed E-state index contributed by atoms with van der Waals surface area (Å²) in [6.07, 6.45) is 6.36. The van der Waals surface area contributed by atoms with Crippen molar-refractivity contribution < 1.29 is 0 Å². The number of hydrogen-bond donors (Lipinski definition) is 2. The number of aromatic nitrogens is 3. The van der Waals surface area contributed by atoms with Crippen LogP contribution in [0.3, 0.4) is 0 Å². The van der Waals surface area contributed by atoms with Gasteiger partial charge in [0.15, 0.2) is 0 Å². The summed E-state index contributed by atoms with van der Waals surface area (Å²) in [5.41, 5.74) is 3.64. The van der Waals surface area contributed by atoms with Gasteiger partial charge in [-0.05, 0) is 38.1 Å². The molecule has 0 aromatic carbocycles. The normalized spacial score (nSPS) is 17.5. The Morgan fingerprint density at radius 3 is 2.88 bits per heavy atom. The van der Waals surface area contributed by atoms with Gasteiger partial charge >= 0.3 is 0 Å². The van der Waals surface area contributed by atoms with Crippen LogP contribution in [-0.2, 0) is 7.05 Å². The third kappa shape index (κ3) is 2.00. The first kappa shape index (κ1) is 10.6. The van der Waals surface area contributed by atoms with E-state index in [2.05, 4.69) is 27.5 Å². The highest BCUT2D eigenvalue weighted by Crippen LogP contribution is 2.28. The molecule has 1 saturated heterocycles. The summed E-state index contributed by atoms with van der Waals surface area (Å²) in [6.45, 7) is 2.22. The van der Waals surface area contributed by atoms with Crippen molar-refractivity contribution in [1.29, 1.82) is 0 Å². The van der Waals surface area contributed by atoms with E-state index in [1.165, 1.54) is 29.8 Å². The lowest BCUT2D eigenvalue weighted by molar-refractivity contribution is 0.450. The fourth-order valence-corrected chi connectivity index (χ4v) is 2.56. The van der Waals surface area contributed by atoms with E-state index in [1.54, 1.807) is 0 Å². The summed E-state index contributed by atoms with van der Waals surface area (Å²) in [5, 5.41) is 8.06. The Hall–Kier alpha value is -1.55. The molecule has 0 spiro atoms. The van der Waals surface area contributed by atoms with Crippen LogP contribution in [0.2, 0.25) is 0 Å². The molecule has 3 heterocycles. The fourth-order valence-electron chi connectivity index (χ4n) is 2.56. The number of H-pyrrole nitrogens is 1. The molecule has 0 bridgehead atoms. The monoisotopic (exact) mass is 230 g/mol. The van der Waals surface area contributed by atoms with Gasteiger partial charge < -0.3 is 10.3 Å². The SMILES string of the molecule is Cn1nc(C2CCNCC2)cc1-c1cc[nH]c1. The molecule has 0 unspecified atom stereocenters. The molecule has 2 aromatic rings. The highest BCUT2D eigenvalue weighted by atomic mass is 15.3. The molecule has 1 aliphatic rings. The Morgan fingerprint density at radius 1 is 1.35 bits per heavy atom. The van der Waals surface area contributed by atoms with Crippen molar-refractivity contribution in [2.75, 3.05) is 13.1 Å². The number of rotatable bonds is 2. The minimum absolute atomic E-state index is 0.621. The Bertz CT molecular complexity index is 477. The van der Waals surface area contributed by atoms with E-state index in [0.717, 1.165) is 13.1 Å². The molecule has 2 N–H and O–H groups in total. The van der Waals surface area contributed by atoms with Crippen LogP contribution in [0.1, 0.15) is 24.5 Å². The molecule has 17 heavy (non-hydrogen) atoms. The number of piperidine rings is 1. The molecule has 3 rings (SSSR count). The summed E-state index contributed by atoms with van der Waals surface area (Å²) in [5.74, 6) is 0.621. The average molecular weight is 230 g/mol. The van der Waals surface area contributed by atoms with E-state index in [-0.39, 0.29) is 0 Å². The van der Waals surface area contributed by atoms with E-state index in [0.29, 0.717) is 5.92 Å². The van der Waals surface area contributed by atoms with E-state index < -0.39 is 0 Å². The van der Waals surface area contributed by atoms with Crippen LogP contribution >= 0.6 is 0 Å². The first-order valence-corrected chi connectivity index (χ1v) is 6.22. The highest BCUT2D eigenvalue weighted by molar-refractivity contribution is 5.59. The van der Waals surface area contributed by atoms with Crippen molar-refractivity contribution in [1.82, 2.24) is 20.1 Å². The maximum absolute atomic E-state index is 4.67. The van der Waals surface area contributed by atoms with Gasteiger partial charge in [0, 0.05) is 30.9 Å². The Labute approximate surface area is 101 Å². The summed E-state index contributed by atoms with van der Waals surface area (Å²) in [6, 6.07) is 4.32. The van der Waals surface area contributed by atoms with Gasteiger partial charge in [-0.2, -0.15) is 5.10 Å². The van der Waals surface area contributed by atoms with Gasteiger partial charge in [0.2, 0.25) is 0 Å². The smallest absolute Gasteiger partial charge is 0.0697 e. The summed E-state index contributed by atoms with van der Waals surface area (Å²) < 4.78 is 1.99. The Kier molecular flexibility index (Phi) is 2.73. The van der Waals surface area contributed by atoms with Gasteiger partial charge in [-0.15, -0.1) is 0 Å². The number of nitrogens with one attached hydrogen (secondary N) is 2. The number of aromatic amines is 1. The maximum atomic E-state index is 4.67. The van der Waals surface area contributed by atoms with Crippen LogP contribution in [0.15, 0.2) is 24.5 Å². The van der Waals surface area contributed by atoms with Gasteiger partial charge in [0.1, 0.15) is 0 Å². The highest BCUT2D eigenvalue weighted by Gasteiger charge is 2.19. The van der Waals surface area contributed by atoms with Crippen LogP contribution < -0.4 is 5.32 Å². The van der Waals surface area contributed by atoms with Gasteiger partial charge in [0.25, 0.3) is 0 Å². The average Bonchev–Trinajstić information content (AvgIpc) is 2.99. The second kappa shape index (κ2) is 4.37. The Morgan fingerprint density at radius 2 is 2.18 bits per heavy atom. The van der Waals surface area contributed by atoms with E-state index in [1.807, 2.05) is 24.1 Å². The van der Waals surface area contributed by atoms with Gasteiger partial charge in [0.05, 0.1) is 11.4 Å². The van der Waals surface area contributed by atoms with Crippen molar-refractivity contribution in [2.24, 2.45) is 7.05 Å². The van der Waals surface area contributed by atoms with E-state index in [9.17, 15) is 0 Å². The standard InChI is InChI=1S/C13H18N4/c1-17-13(11-4-7-15-9-11)8-12(16-17)10-2-5-14-6-3-10/h4,7-10,14-15H,2-3,5-6H2,1H3. The van der Waals surface area contributed by atoms with E-state index >= 15 is 0 Å². The molecule has 0 atom stereocenters. The molecular weight excluding hydrogens is 212 g/mol. The molecule has 0 amide bonds. The molecule has 4 heteroatoms. The van der Waals surface area contributed by atoms with Crippen LogP contribution in [0.4, 0.5) is 0 Å². The molecule has 1 aliphatic heterocycles. The van der Waals surface area contributed by atoms with Crippen molar-refractivity contribution in [3.63, 3.8) is 0 Å². The second-order valence-electron chi connectivity index (χ2n) is 4.70. The molecule has 1 fully saturated rings. The van der Waals surface area contributed by atoms with Crippen LogP contribution in [0.25, 0.3) is 11.3 Å². The Balaban J connectivity index is 1.90. The van der Waals surface area contributed by atoms with Crippen LogP contribution in [0, 0.1) is 0 Å². The molecule has 4 nitrogen and oxygen atoms in total. The molecule has 0 saturated carbocycles. The topological polar surface area (TPSA) is 45.6 Å². The van der Waals surface area contributed by atoms with Crippen LogP contribution in [0.5, 0.6) is 0 Å². The predicted octanol–water partition coefficient (Wildman–Crippen LogP) is 1.88. The van der Waals surface area contributed by atoms with Crippen molar-refractivity contribution in [3.05, 3.63) is 30.2 Å². The summed E-state index contributed by atoms with van der Waals surface area (Å²) in [7, 11) is 2.02. The van der Waals surface area contributed by atoms with Crippen molar-refractivity contribution in [3.8, 4) is 11.3 Å². The van der Waals surface area contributed by atoms with Gasteiger partial charge in [-0.1, -0.05) is 0 Å². The lowest BCUT2D eigenvalue weighted by atomic mass is 9.94. The minimum atomic E-state index is 0.621. The molecule has 0 radical (unpaired) electrons. The fraction of sp³-hybridized carbons (Fsp3) is 0.462. The molecular formula is C13H18N4. The van der Waals surface area contributed by atoms with Gasteiger partial charge in [-0.25, -0.2) is 0 Å². The molecule has 0 aliphatic carbocycles. The van der Waals surface area contributed by atoms with Gasteiger partial charge in [-0.3, -0.25) is 4.68 Å². The zero-order chi connectivity index (χ0) is 11.7. The zero-order valence-corrected chi connectivity index (χ0v) is 10.1. The third-order valence-electron chi connectivity index (χ3n) is 3.55. The quantitative estimate of drug-likeness (QED) is 0.827. The summed E-state index contributed by atoms with van der Waals surface area (Å²) >= 11 is 0. The summed E-state index contributed by atoms with van der Waals surface area (Å²) in [4.78, 5) is 3.09. The minimum Gasteiger partial charge on any atom is -0.367 e.